The smallest absolute Gasteiger partial charge is 0.257 e. The molecule has 0 atom stereocenters. The van der Waals surface area contributed by atoms with E-state index in [9.17, 15) is 4.79 Å². The third-order valence-electron chi connectivity index (χ3n) is 3.48. The summed E-state index contributed by atoms with van der Waals surface area (Å²) in [5.74, 6) is 0.258. The van der Waals surface area contributed by atoms with Crippen LogP contribution in [0, 0.1) is 0 Å². The summed E-state index contributed by atoms with van der Waals surface area (Å²) in [6.45, 7) is 0. The molecule has 4 rings (SSSR count). The Morgan fingerprint density at radius 3 is 2.08 bits per heavy atom. The highest BCUT2D eigenvalue weighted by Gasteiger charge is 2.19. The summed E-state index contributed by atoms with van der Waals surface area (Å²) in [4.78, 5) is 19.9. The Hall–Kier alpha value is -2.51. The van der Waals surface area contributed by atoms with Crippen molar-refractivity contribution in [3.8, 4) is 22.5 Å². The summed E-state index contributed by atoms with van der Waals surface area (Å²) in [5, 5.41) is 9.12. The molecule has 0 N–H and O–H groups in total. The molecular formula is C18H12N4OS2. The maximum absolute atomic E-state index is 11.3. The van der Waals surface area contributed by atoms with Gasteiger partial charge in [-0.3, -0.25) is 4.79 Å². The number of hydrogen-bond donors (Lipinski definition) is 0. The quantitative estimate of drug-likeness (QED) is 0.701. The minimum absolute atomic E-state index is 0.121. The fraction of sp³-hybridized carbons (Fsp3) is 0.0556. The van der Waals surface area contributed by atoms with E-state index < -0.39 is 0 Å². The lowest BCUT2D eigenvalue weighted by molar-refractivity contribution is -0.115. The number of aromatic nitrogens is 3. The van der Waals surface area contributed by atoms with Crippen molar-refractivity contribution in [3.05, 3.63) is 60.7 Å². The average molecular weight is 364 g/mol. The van der Waals surface area contributed by atoms with Crippen molar-refractivity contribution in [1.82, 2.24) is 15.2 Å². The Labute approximate surface area is 153 Å². The number of rotatable bonds is 3. The molecule has 0 fully saturated rings. The topological polar surface area (TPSA) is 68.1 Å². The molecule has 0 bridgehead atoms. The second-order valence-corrected chi connectivity index (χ2v) is 7.36. The number of benzene rings is 2. The monoisotopic (exact) mass is 364 g/mol. The van der Waals surface area contributed by atoms with Crippen molar-refractivity contribution < 1.29 is 4.79 Å². The molecule has 0 spiro atoms. The molecule has 0 aliphatic carbocycles. The molecule has 25 heavy (non-hydrogen) atoms. The highest BCUT2D eigenvalue weighted by Crippen LogP contribution is 2.32. The normalized spacial score (nSPS) is 13.8. The van der Waals surface area contributed by atoms with Gasteiger partial charge < -0.3 is 0 Å². The van der Waals surface area contributed by atoms with E-state index in [0.717, 1.165) is 22.5 Å². The van der Waals surface area contributed by atoms with E-state index in [2.05, 4.69) is 15.2 Å². The number of carbonyl (C=O) groups excluding carboxylic acids is 1. The van der Waals surface area contributed by atoms with Gasteiger partial charge in [-0.25, -0.2) is 4.98 Å². The number of amides is 1. The maximum atomic E-state index is 11.3. The Balaban J connectivity index is 1.78. The van der Waals surface area contributed by atoms with Gasteiger partial charge in [0.25, 0.3) is 5.91 Å². The molecule has 3 aromatic rings. The lowest BCUT2D eigenvalue weighted by atomic mass is 10.0. The van der Waals surface area contributed by atoms with Crippen LogP contribution in [0.2, 0.25) is 0 Å². The standard InChI is InChI=1S/C18H12N4OS2/c23-14-11-24-18(19-14)25-17-20-15(12-7-3-1-4-8-12)16(21-22-17)13-9-5-2-6-10-13/h1-10H,11H2. The van der Waals surface area contributed by atoms with Gasteiger partial charge >= 0.3 is 0 Å². The zero-order valence-corrected chi connectivity index (χ0v) is 14.6. The fourth-order valence-electron chi connectivity index (χ4n) is 2.36. The number of carbonyl (C=O) groups is 1. The second kappa shape index (κ2) is 7.16. The zero-order chi connectivity index (χ0) is 17.1. The molecular weight excluding hydrogens is 352 g/mol. The zero-order valence-electron chi connectivity index (χ0n) is 13.0. The average Bonchev–Trinajstić information content (AvgIpc) is 3.08. The van der Waals surface area contributed by atoms with Crippen molar-refractivity contribution >= 4 is 33.8 Å². The van der Waals surface area contributed by atoms with Crippen LogP contribution in [0.4, 0.5) is 0 Å². The Kier molecular flexibility index (Phi) is 4.58. The predicted molar refractivity (Wildman–Crippen MR) is 101 cm³/mol. The molecule has 2 heterocycles. The van der Waals surface area contributed by atoms with Crippen LogP contribution in [-0.2, 0) is 4.79 Å². The molecule has 5 nitrogen and oxygen atoms in total. The van der Waals surface area contributed by atoms with Gasteiger partial charge in [0.1, 0.15) is 15.8 Å². The first-order chi connectivity index (χ1) is 12.3. The van der Waals surface area contributed by atoms with Gasteiger partial charge in [0.2, 0.25) is 5.16 Å². The maximum Gasteiger partial charge on any atom is 0.257 e. The molecule has 0 unspecified atom stereocenters. The molecule has 0 saturated carbocycles. The van der Waals surface area contributed by atoms with Crippen molar-refractivity contribution in [1.29, 1.82) is 0 Å². The van der Waals surface area contributed by atoms with Gasteiger partial charge in [0.15, 0.2) is 0 Å². The van der Waals surface area contributed by atoms with E-state index in [4.69, 9.17) is 4.98 Å². The fourth-order valence-corrected chi connectivity index (χ4v) is 4.00. The number of hydrogen-bond acceptors (Lipinski definition) is 6. The number of nitrogens with zero attached hydrogens (tertiary/aromatic N) is 4. The lowest BCUT2D eigenvalue weighted by Gasteiger charge is -2.09. The summed E-state index contributed by atoms with van der Waals surface area (Å²) in [6, 6.07) is 19.7. The molecule has 1 aliphatic rings. The molecule has 2 aromatic carbocycles. The summed E-state index contributed by atoms with van der Waals surface area (Å²) in [5.41, 5.74) is 3.42. The van der Waals surface area contributed by atoms with E-state index in [1.54, 1.807) is 0 Å². The summed E-state index contributed by atoms with van der Waals surface area (Å²) in [6.07, 6.45) is 0. The second-order valence-electron chi connectivity index (χ2n) is 5.19. The van der Waals surface area contributed by atoms with Crippen molar-refractivity contribution in [3.63, 3.8) is 0 Å². The minimum Gasteiger partial charge on any atom is -0.272 e. The molecule has 7 heteroatoms. The van der Waals surface area contributed by atoms with Gasteiger partial charge in [0.05, 0.1) is 5.75 Å². The Bertz CT molecular complexity index is 946. The van der Waals surface area contributed by atoms with Gasteiger partial charge in [-0.15, -0.1) is 10.2 Å². The summed E-state index contributed by atoms with van der Waals surface area (Å²) in [7, 11) is 0. The van der Waals surface area contributed by atoms with Crippen LogP contribution < -0.4 is 0 Å². The lowest BCUT2D eigenvalue weighted by Crippen LogP contribution is -2.00. The van der Waals surface area contributed by atoms with Gasteiger partial charge in [-0.2, -0.15) is 4.99 Å². The molecule has 1 aromatic heterocycles. The third kappa shape index (κ3) is 3.62. The van der Waals surface area contributed by atoms with Crippen LogP contribution in [0.25, 0.3) is 22.5 Å². The van der Waals surface area contributed by atoms with Crippen molar-refractivity contribution in [2.45, 2.75) is 5.16 Å². The Morgan fingerprint density at radius 2 is 1.48 bits per heavy atom. The summed E-state index contributed by atoms with van der Waals surface area (Å²) >= 11 is 2.68. The van der Waals surface area contributed by atoms with E-state index in [1.165, 1.54) is 23.5 Å². The Morgan fingerprint density at radius 1 is 0.840 bits per heavy atom. The van der Waals surface area contributed by atoms with Crippen LogP contribution in [0.15, 0.2) is 70.8 Å². The molecule has 0 radical (unpaired) electrons. The summed E-state index contributed by atoms with van der Waals surface area (Å²) < 4.78 is 0.665. The molecule has 1 amide bonds. The van der Waals surface area contributed by atoms with E-state index in [0.29, 0.717) is 15.3 Å². The van der Waals surface area contributed by atoms with Gasteiger partial charge in [-0.05, 0) is 11.8 Å². The van der Waals surface area contributed by atoms with Crippen molar-refractivity contribution in [2.24, 2.45) is 4.99 Å². The van der Waals surface area contributed by atoms with Crippen LogP contribution in [-0.4, -0.2) is 31.2 Å². The van der Waals surface area contributed by atoms with E-state index >= 15 is 0 Å². The SMILES string of the molecule is O=C1CSC(Sc2nnc(-c3ccccc3)c(-c3ccccc3)n2)=N1. The van der Waals surface area contributed by atoms with Gasteiger partial charge in [0, 0.05) is 11.1 Å². The van der Waals surface area contributed by atoms with Crippen LogP contribution >= 0.6 is 23.5 Å². The first-order valence-corrected chi connectivity index (χ1v) is 9.37. The van der Waals surface area contributed by atoms with Crippen LogP contribution in [0.3, 0.4) is 0 Å². The predicted octanol–water partition coefficient (Wildman–Crippen LogP) is 3.93. The number of thioether (sulfide) groups is 2. The van der Waals surface area contributed by atoms with Crippen LogP contribution in [0.1, 0.15) is 0 Å². The first kappa shape index (κ1) is 16.0. The first-order valence-electron chi connectivity index (χ1n) is 7.57. The van der Waals surface area contributed by atoms with E-state index in [1.807, 2.05) is 60.7 Å². The third-order valence-corrected chi connectivity index (χ3v) is 5.43. The highest BCUT2D eigenvalue weighted by molar-refractivity contribution is 8.39. The highest BCUT2D eigenvalue weighted by atomic mass is 32.2. The number of aliphatic imine (C=N–C) groups is 1. The molecule has 1 aliphatic heterocycles. The van der Waals surface area contributed by atoms with E-state index in [-0.39, 0.29) is 5.91 Å². The molecule has 122 valence electrons. The minimum atomic E-state index is -0.121. The largest absolute Gasteiger partial charge is 0.272 e. The van der Waals surface area contributed by atoms with Crippen LogP contribution in [0.5, 0.6) is 0 Å². The van der Waals surface area contributed by atoms with Crippen molar-refractivity contribution in [2.75, 3.05) is 5.75 Å². The van der Waals surface area contributed by atoms with Gasteiger partial charge in [-0.1, -0.05) is 72.4 Å². The molecule has 0 saturated heterocycles.